The fourth-order valence-electron chi connectivity index (χ4n) is 0.246. The summed E-state index contributed by atoms with van der Waals surface area (Å²) in [5, 5.41) is 7.84. The molecule has 0 aromatic rings. The molecule has 0 rings (SSSR count). The Hall–Kier alpha value is -1.46. The number of hydroxylamine groups is 1. The molecule has 2 N–H and O–H groups in total. The second kappa shape index (κ2) is 4.42. The van der Waals surface area contributed by atoms with Crippen LogP contribution in [-0.4, -0.2) is 24.0 Å². The minimum atomic E-state index is -1.59. The molecule has 0 saturated heterocycles. The predicted octanol–water partition coefficient (Wildman–Crippen LogP) is 0.342. The minimum absolute atomic E-state index is 0.162. The summed E-state index contributed by atoms with van der Waals surface area (Å²) in [4.78, 5) is 23.5. The SMILES string of the molecule is CCOC(=O)NOC(=O)O. The van der Waals surface area contributed by atoms with Crippen LogP contribution in [0.25, 0.3) is 0 Å². The monoisotopic (exact) mass is 149 g/mol. The minimum Gasteiger partial charge on any atom is -0.448 e. The number of amides is 1. The van der Waals surface area contributed by atoms with Crippen LogP contribution >= 0.6 is 0 Å². The van der Waals surface area contributed by atoms with Crippen LogP contribution in [0, 0.1) is 0 Å². The molecule has 0 atom stereocenters. The molecule has 6 heteroatoms. The number of carboxylic acid groups (broad SMARTS) is 1. The molecule has 0 heterocycles. The van der Waals surface area contributed by atoms with Crippen LogP contribution in [0.4, 0.5) is 9.59 Å². The lowest BCUT2D eigenvalue weighted by molar-refractivity contribution is 0.0347. The summed E-state index contributed by atoms with van der Waals surface area (Å²) in [5.74, 6) is 0. The average Bonchev–Trinajstić information content (AvgIpc) is 1.85. The Kier molecular flexibility index (Phi) is 3.78. The van der Waals surface area contributed by atoms with Gasteiger partial charge in [-0.2, -0.15) is 0 Å². The van der Waals surface area contributed by atoms with Gasteiger partial charge in [0.25, 0.3) is 0 Å². The Morgan fingerprint density at radius 3 is 2.60 bits per heavy atom. The van der Waals surface area contributed by atoms with Gasteiger partial charge in [-0.15, -0.1) is 5.48 Å². The summed E-state index contributed by atoms with van der Waals surface area (Å²) in [7, 11) is 0. The summed E-state index contributed by atoms with van der Waals surface area (Å²) >= 11 is 0. The lowest BCUT2D eigenvalue weighted by atomic mass is 10.9. The molecule has 0 saturated carbocycles. The van der Waals surface area contributed by atoms with Crippen molar-refractivity contribution < 1.29 is 24.3 Å². The molecule has 1 amide bonds. The number of rotatable bonds is 1. The molecule has 0 aliphatic heterocycles. The standard InChI is InChI=1S/C4H7NO5/c1-2-9-3(6)5-10-4(7)8/h2H2,1H3,(H,5,6)(H,7,8). The highest BCUT2D eigenvalue weighted by atomic mass is 16.8. The number of ether oxygens (including phenoxy) is 1. The first-order chi connectivity index (χ1) is 4.66. The van der Waals surface area contributed by atoms with Gasteiger partial charge in [0.2, 0.25) is 0 Å². The first kappa shape index (κ1) is 8.54. The van der Waals surface area contributed by atoms with E-state index in [4.69, 9.17) is 5.11 Å². The maximum absolute atomic E-state index is 10.2. The molecular weight excluding hydrogens is 142 g/mol. The van der Waals surface area contributed by atoms with Crippen molar-refractivity contribution in [2.75, 3.05) is 6.61 Å². The van der Waals surface area contributed by atoms with Crippen molar-refractivity contribution in [3.8, 4) is 0 Å². The van der Waals surface area contributed by atoms with Crippen molar-refractivity contribution >= 4 is 12.2 Å². The summed E-state index contributed by atoms with van der Waals surface area (Å²) in [6.07, 6.45) is -2.52. The van der Waals surface area contributed by atoms with Gasteiger partial charge in [0.05, 0.1) is 6.61 Å². The Morgan fingerprint density at radius 2 is 2.20 bits per heavy atom. The molecule has 0 radical (unpaired) electrons. The van der Waals surface area contributed by atoms with Crippen LogP contribution in [0.2, 0.25) is 0 Å². The summed E-state index contributed by atoms with van der Waals surface area (Å²) in [6.45, 7) is 1.75. The van der Waals surface area contributed by atoms with Crippen LogP contribution in [0.1, 0.15) is 6.92 Å². The molecule has 10 heavy (non-hydrogen) atoms. The van der Waals surface area contributed by atoms with Gasteiger partial charge in [0.15, 0.2) is 0 Å². The van der Waals surface area contributed by atoms with Crippen molar-refractivity contribution in [1.29, 1.82) is 0 Å². The largest absolute Gasteiger partial charge is 0.530 e. The van der Waals surface area contributed by atoms with Gasteiger partial charge in [-0.05, 0) is 6.92 Å². The summed E-state index contributed by atoms with van der Waals surface area (Å²) in [5.41, 5.74) is 1.52. The second-order valence-electron chi connectivity index (χ2n) is 1.19. The summed E-state index contributed by atoms with van der Waals surface area (Å²) in [6, 6.07) is 0. The lowest BCUT2D eigenvalue weighted by Crippen LogP contribution is -2.26. The van der Waals surface area contributed by atoms with Crippen LogP contribution in [-0.2, 0) is 9.57 Å². The molecule has 0 aromatic heterocycles. The summed E-state index contributed by atoms with van der Waals surface area (Å²) < 4.78 is 4.25. The zero-order valence-corrected chi connectivity index (χ0v) is 5.29. The van der Waals surface area contributed by atoms with E-state index in [0.717, 1.165) is 0 Å². The quantitative estimate of drug-likeness (QED) is 0.525. The fourth-order valence-corrected chi connectivity index (χ4v) is 0.246. The molecule has 0 aliphatic rings. The zero-order chi connectivity index (χ0) is 7.98. The van der Waals surface area contributed by atoms with Crippen molar-refractivity contribution in [2.45, 2.75) is 6.92 Å². The van der Waals surface area contributed by atoms with E-state index >= 15 is 0 Å². The number of carbonyl (C=O) groups excluding carboxylic acids is 1. The third-order valence-electron chi connectivity index (χ3n) is 0.497. The molecule has 0 aromatic carbocycles. The van der Waals surface area contributed by atoms with Crippen molar-refractivity contribution in [3.63, 3.8) is 0 Å². The predicted molar refractivity (Wildman–Crippen MR) is 29.3 cm³/mol. The van der Waals surface area contributed by atoms with Crippen LogP contribution in [0.15, 0.2) is 0 Å². The highest BCUT2D eigenvalue weighted by Gasteiger charge is 2.02. The first-order valence-corrected chi connectivity index (χ1v) is 2.49. The topological polar surface area (TPSA) is 84.9 Å². The van der Waals surface area contributed by atoms with E-state index in [1.54, 1.807) is 6.92 Å². The average molecular weight is 149 g/mol. The van der Waals surface area contributed by atoms with Gasteiger partial charge < -0.3 is 14.7 Å². The van der Waals surface area contributed by atoms with Crippen LogP contribution in [0.5, 0.6) is 0 Å². The number of hydrogen-bond donors (Lipinski definition) is 2. The number of hydrogen-bond acceptors (Lipinski definition) is 4. The van der Waals surface area contributed by atoms with E-state index in [-0.39, 0.29) is 6.61 Å². The Bertz CT molecular complexity index is 134. The van der Waals surface area contributed by atoms with Crippen LogP contribution in [0.3, 0.4) is 0 Å². The molecular formula is C4H7NO5. The molecule has 0 aliphatic carbocycles. The van der Waals surface area contributed by atoms with Gasteiger partial charge >= 0.3 is 12.2 Å². The van der Waals surface area contributed by atoms with E-state index in [0.29, 0.717) is 0 Å². The van der Waals surface area contributed by atoms with E-state index in [2.05, 4.69) is 9.57 Å². The smallest absolute Gasteiger partial charge is 0.448 e. The van der Waals surface area contributed by atoms with E-state index in [1.807, 2.05) is 0 Å². The van der Waals surface area contributed by atoms with Crippen molar-refractivity contribution in [1.82, 2.24) is 5.48 Å². The Balaban J connectivity index is 3.30. The number of carbonyl (C=O) groups is 2. The van der Waals surface area contributed by atoms with Gasteiger partial charge in [0, 0.05) is 0 Å². The Morgan fingerprint density at radius 1 is 1.60 bits per heavy atom. The lowest BCUT2D eigenvalue weighted by Gasteiger charge is -2.00. The van der Waals surface area contributed by atoms with Crippen molar-refractivity contribution in [3.05, 3.63) is 0 Å². The maximum Gasteiger partial charge on any atom is 0.530 e. The maximum atomic E-state index is 10.2. The van der Waals surface area contributed by atoms with Gasteiger partial charge in [-0.1, -0.05) is 0 Å². The van der Waals surface area contributed by atoms with Gasteiger partial charge in [-0.3, -0.25) is 0 Å². The molecule has 0 unspecified atom stereocenters. The highest BCUT2D eigenvalue weighted by Crippen LogP contribution is 1.76. The molecule has 6 nitrogen and oxygen atoms in total. The first-order valence-electron chi connectivity index (χ1n) is 2.49. The normalized spacial score (nSPS) is 8.10. The van der Waals surface area contributed by atoms with Crippen LogP contribution < -0.4 is 5.48 Å². The second-order valence-corrected chi connectivity index (χ2v) is 1.19. The van der Waals surface area contributed by atoms with Gasteiger partial charge in [0.1, 0.15) is 0 Å². The van der Waals surface area contributed by atoms with E-state index in [9.17, 15) is 9.59 Å². The van der Waals surface area contributed by atoms with Gasteiger partial charge in [-0.25, -0.2) is 9.59 Å². The van der Waals surface area contributed by atoms with Crippen molar-refractivity contribution in [2.24, 2.45) is 0 Å². The highest BCUT2D eigenvalue weighted by molar-refractivity contribution is 5.68. The third kappa shape index (κ3) is 4.69. The fraction of sp³-hybridized carbons (Fsp3) is 0.500. The Labute approximate surface area is 56.7 Å². The van der Waals surface area contributed by atoms with E-state index in [1.165, 1.54) is 5.48 Å². The zero-order valence-electron chi connectivity index (χ0n) is 5.29. The molecule has 58 valence electrons. The third-order valence-corrected chi connectivity index (χ3v) is 0.497. The molecule has 0 fully saturated rings. The molecule has 0 spiro atoms. The van der Waals surface area contributed by atoms with E-state index < -0.39 is 12.2 Å². The molecule has 0 bridgehead atoms. The number of nitrogens with one attached hydrogen (secondary N) is 1.